The number of hydrogen-bond acceptors (Lipinski definition) is 5. The van der Waals surface area contributed by atoms with E-state index in [0.717, 1.165) is 21.1 Å². The molecule has 0 aliphatic carbocycles. The van der Waals surface area contributed by atoms with Crippen LogP contribution in [0, 0.1) is 0 Å². The van der Waals surface area contributed by atoms with Crippen LogP contribution >= 0.6 is 11.3 Å². The van der Waals surface area contributed by atoms with Crippen molar-refractivity contribution in [3.63, 3.8) is 0 Å². The van der Waals surface area contributed by atoms with Crippen LogP contribution in [0.1, 0.15) is 24.4 Å². The second kappa shape index (κ2) is 5.14. The van der Waals surface area contributed by atoms with Gasteiger partial charge in [0.25, 0.3) is 0 Å². The predicted octanol–water partition coefficient (Wildman–Crippen LogP) is 2.55. The molecule has 2 aromatic heterocycles. The molecule has 18 heavy (non-hydrogen) atoms. The molecule has 5 heteroatoms. The Morgan fingerprint density at radius 1 is 1.33 bits per heavy atom. The van der Waals surface area contributed by atoms with Gasteiger partial charge in [0.15, 0.2) is 0 Å². The maximum absolute atomic E-state index is 6.18. The fourth-order valence-corrected chi connectivity index (χ4v) is 2.80. The van der Waals surface area contributed by atoms with E-state index in [-0.39, 0.29) is 0 Å². The lowest BCUT2D eigenvalue weighted by molar-refractivity contribution is 0.180. The first kappa shape index (κ1) is 13.1. The standard InChI is InChI=1S/C13H17N3OS/c1-13(2,14)11-10(8-17-3)16-12(18-11)9-4-6-15-7-5-9/h4-7H,8,14H2,1-3H3. The van der Waals surface area contributed by atoms with E-state index in [1.54, 1.807) is 30.8 Å². The van der Waals surface area contributed by atoms with E-state index in [1.807, 2.05) is 26.0 Å². The van der Waals surface area contributed by atoms with Crippen molar-refractivity contribution in [2.75, 3.05) is 7.11 Å². The molecule has 0 fully saturated rings. The van der Waals surface area contributed by atoms with Crippen molar-refractivity contribution in [2.24, 2.45) is 5.73 Å². The van der Waals surface area contributed by atoms with Gasteiger partial charge in [0.2, 0.25) is 0 Å². The molecule has 0 aromatic carbocycles. The van der Waals surface area contributed by atoms with Crippen LogP contribution in [0.5, 0.6) is 0 Å². The van der Waals surface area contributed by atoms with Gasteiger partial charge >= 0.3 is 0 Å². The zero-order valence-corrected chi connectivity index (χ0v) is 11.6. The van der Waals surface area contributed by atoms with Crippen LogP contribution in [0.4, 0.5) is 0 Å². The number of pyridine rings is 1. The maximum Gasteiger partial charge on any atom is 0.124 e. The minimum absolute atomic E-state index is 0.406. The molecule has 2 aromatic rings. The minimum Gasteiger partial charge on any atom is -0.378 e. The summed E-state index contributed by atoms with van der Waals surface area (Å²) in [6.45, 7) is 4.45. The third kappa shape index (κ3) is 2.75. The Bertz CT molecular complexity index is 517. The lowest BCUT2D eigenvalue weighted by atomic mass is 10.0. The van der Waals surface area contributed by atoms with Crippen LogP contribution in [0.3, 0.4) is 0 Å². The molecule has 0 amide bonds. The van der Waals surface area contributed by atoms with Crippen LogP contribution in [-0.4, -0.2) is 17.1 Å². The average molecular weight is 263 g/mol. The normalized spacial score (nSPS) is 11.8. The van der Waals surface area contributed by atoms with Gasteiger partial charge in [-0.3, -0.25) is 4.98 Å². The van der Waals surface area contributed by atoms with Crippen molar-refractivity contribution in [1.82, 2.24) is 9.97 Å². The van der Waals surface area contributed by atoms with E-state index in [1.165, 1.54) is 0 Å². The Morgan fingerprint density at radius 2 is 2.00 bits per heavy atom. The molecular formula is C13H17N3OS. The van der Waals surface area contributed by atoms with Gasteiger partial charge in [0.1, 0.15) is 5.01 Å². The molecule has 4 nitrogen and oxygen atoms in total. The summed E-state index contributed by atoms with van der Waals surface area (Å²) in [6.07, 6.45) is 3.53. The summed E-state index contributed by atoms with van der Waals surface area (Å²) >= 11 is 1.62. The summed E-state index contributed by atoms with van der Waals surface area (Å²) in [5.74, 6) is 0. The number of nitrogens with zero attached hydrogens (tertiary/aromatic N) is 2. The lowest BCUT2D eigenvalue weighted by Gasteiger charge is -2.17. The third-order valence-corrected chi connectivity index (χ3v) is 3.98. The van der Waals surface area contributed by atoms with Crippen LogP contribution in [-0.2, 0) is 16.9 Å². The molecule has 0 aliphatic rings. The molecule has 2 heterocycles. The first-order valence-corrected chi connectivity index (χ1v) is 6.52. The monoisotopic (exact) mass is 263 g/mol. The minimum atomic E-state index is -0.406. The van der Waals surface area contributed by atoms with E-state index in [9.17, 15) is 0 Å². The molecule has 0 saturated carbocycles. The van der Waals surface area contributed by atoms with Gasteiger partial charge in [0.05, 0.1) is 12.3 Å². The van der Waals surface area contributed by atoms with E-state index < -0.39 is 5.54 Å². The maximum atomic E-state index is 6.18. The second-order valence-corrected chi connectivity index (χ2v) is 5.68. The lowest BCUT2D eigenvalue weighted by Crippen LogP contribution is -2.28. The van der Waals surface area contributed by atoms with Crippen LogP contribution in [0.15, 0.2) is 24.5 Å². The van der Waals surface area contributed by atoms with Crippen molar-refractivity contribution in [3.8, 4) is 10.6 Å². The van der Waals surface area contributed by atoms with Gasteiger partial charge < -0.3 is 10.5 Å². The molecule has 0 saturated heterocycles. The number of nitrogens with two attached hydrogens (primary N) is 1. The molecule has 0 radical (unpaired) electrons. The first-order valence-electron chi connectivity index (χ1n) is 5.71. The topological polar surface area (TPSA) is 61.0 Å². The highest BCUT2D eigenvalue weighted by molar-refractivity contribution is 7.15. The average Bonchev–Trinajstić information content (AvgIpc) is 2.75. The molecule has 2 N–H and O–H groups in total. The second-order valence-electron chi connectivity index (χ2n) is 4.69. The Balaban J connectivity index is 2.46. The molecule has 96 valence electrons. The Labute approximate surface area is 111 Å². The summed E-state index contributed by atoms with van der Waals surface area (Å²) in [4.78, 5) is 9.70. The molecule has 0 aliphatic heterocycles. The van der Waals surface area contributed by atoms with Crippen LogP contribution in [0.25, 0.3) is 10.6 Å². The van der Waals surface area contributed by atoms with E-state index in [4.69, 9.17) is 10.5 Å². The van der Waals surface area contributed by atoms with Crippen molar-refractivity contribution in [2.45, 2.75) is 26.0 Å². The van der Waals surface area contributed by atoms with E-state index in [0.29, 0.717) is 6.61 Å². The number of methoxy groups -OCH3 is 1. The van der Waals surface area contributed by atoms with Gasteiger partial charge in [-0.25, -0.2) is 4.98 Å². The Morgan fingerprint density at radius 3 is 2.56 bits per heavy atom. The summed E-state index contributed by atoms with van der Waals surface area (Å²) in [7, 11) is 1.67. The number of aromatic nitrogens is 2. The van der Waals surface area contributed by atoms with Gasteiger partial charge in [-0.2, -0.15) is 0 Å². The van der Waals surface area contributed by atoms with Crippen molar-refractivity contribution < 1.29 is 4.74 Å². The smallest absolute Gasteiger partial charge is 0.124 e. The summed E-state index contributed by atoms with van der Waals surface area (Å²) in [6, 6.07) is 3.89. The van der Waals surface area contributed by atoms with Gasteiger partial charge in [-0.15, -0.1) is 11.3 Å². The molecule has 2 rings (SSSR count). The molecule has 0 atom stereocenters. The third-order valence-electron chi connectivity index (χ3n) is 2.49. The van der Waals surface area contributed by atoms with Crippen LogP contribution in [0.2, 0.25) is 0 Å². The fraction of sp³-hybridized carbons (Fsp3) is 0.385. The quantitative estimate of drug-likeness (QED) is 0.921. The summed E-state index contributed by atoms with van der Waals surface area (Å²) in [5.41, 5.74) is 7.75. The molecule has 0 spiro atoms. The largest absolute Gasteiger partial charge is 0.378 e. The number of ether oxygens (including phenoxy) is 1. The zero-order valence-electron chi connectivity index (χ0n) is 10.8. The molecular weight excluding hydrogens is 246 g/mol. The predicted molar refractivity (Wildman–Crippen MR) is 73.3 cm³/mol. The SMILES string of the molecule is COCc1nc(-c2ccncc2)sc1C(C)(C)N. The highest BCUT2D eigenvalue weighted by Gasteiger charge is 2.23. The van der Waals surface area contributed by atoms with E-state index in [2.05, 4.69) is 9.97 Å². The highest BCUT2D eigenvalue weighted by Crippen LogP contribution is 2.33. The van der Waals surface area contributed by atoms with Crippen LogP contribution < -0.4 is 5.73 Å². The number of thiazole rings is 1. The number of hydrogen-bond donors (Lipinski definition) is 1. The van der Waals surface area contributed by atoms with Crippen molar-refractivity contribution in [3.05, 3.63) is 35.1 Å². The van der Waals surface area contributed by atoms with Gasteiger partial charge in [-0.05, 0) is 26.0 Å². The van der Waals surface area contributed by atoms with Gasteiger partial charge in [0, 0.05) is 35.5 Å². The zero-order chi connectivity index (χ0) is 13.2. The summed E-state index contributed by atoms with van der Waals surface area (Å²) < 4.78 is 5.19. The van der Waals surface area contributed by atoms with E-state index >= 15 is 0 Å². The fourth-order valence-electron chi connectivity index (χ4n) is 1.71. The number of rotatable bonds is 4. The Kier molecular flexibility index (Phi) is 3.75. The molecule has 0 unspecified atom stereocenters. The van der Waals surface area contributed by atoms with Crippen molar-refractivity contribution in [1.29, 1.82) is 0 Å². The van der Waals surface area contributed by atoms with Crippen molar-refractivity contribution >= 4 is 11.3 Å². The highest BCUT2D eigenvalue weighted by atomic mass is 32.1. The van der Waals surface area contributed by atoms with Gasteiger partial charge in [-0.1, -0.05) is 0 Å². The summed E-state index contributed by atoms with van der Waals surface area (Å²) in [5, 5.41) is 0.956. The first-order chi connectivity index (χ1) is 8.52. The molecule has 0 bridgehead atoms. The Hall–Kier alpha value is -1.30.